The fourth-order valence-electron chi connectivity index (χ4n) is 2.48. The third-order valence-corrected chi connectivity index (χ3v) is 4.06. The summed E-state index contributed by atoms with van der Waals surface area (Å²) >= 11 is 3.39. The van der Waals surface area contributed by atoms with E-state index in [4.69, 9.17) is 0 Å². The summed E-state index contributed by atoms with van der Waals surface area (Å²) in [7, 11) is 0. The first-order valence-corrected chi connectivity index (χ1v) is 8.06. The summed E-state index contributed by atoms with van der Waals surface area (Å²) in [6, 6.07) is 6.13. The van der Waals surface area contributed by atoms with Crippen LogP contribution in [0.25, 0.3) is 0 Å². The summed E-state index contributed by atoms with van der Waals surface area (Å²) in [5.74, 6) is -0.155. The van der Waals surface area contributed by atoms with Crippen molar-refractivity contribution in [1.29, 1.82) is 0 Å². The van der Waals surface area contributed by atoms with Crippen molar-refractivity contribution in [3.63, 3.8) is 0 Å². The first-order chi connectivity index (χ1) is 9.32. The second-order valence-electron chi connectivity index (χ2n) is 5.77. The van der Waals surface area contributed by atoms with E-state index in [1.54, 1.807) is 6.07 Å². The molecule has 2 nitrogen and oxygen atoms in total. The molecule has 1 aromatic rings. The van der Waals surface area contributed by atoms with Crippen LogP contribution in [-0.2, 0) is 0 Å². The van der Waals surface area contributed by atoms with Crippen LogP contribution in [0, 0.1) is 5.82 Å². The lowest BCUT2D eigenvalue weighted by Crippen LogP contribution is -2.41. The fraction of sp³-hybridized carbons (Fsp3) is 0.625. The van der Waals surface area contributed by atoms with Crippen LogP contribution in [0.15, 0.2) is 22.7 Å². The van der Waals surface area contributed by atoms with Crippen molar-refractivity contribution in [3.05, 3.63) is 34.1 Å². The zero-order valence-corrected chi connectivity index (χ0v) is 14.7. The average Bonchev–Trinajstić information content (AvgIpc) is 2.36. The van der Waals surface area contributed by atoms with Gasteiger partial charge in [0.1, 0.15) is 5.82 Å². The summed E-state index contributed by atoms with van der Waals surface area (Å²) in [4.78, 5) is 2.43. The average molecular weight is 345 g/mol. The Kier molecular flexibility index (Phi) is 7.13. The molecule has 1 aromatic carbocycles. The highest BCUT2D eigenvalue weighted by Crippen LogP contribution is 2.21. The Morgan fingerprint density at radius 2 is 1.75 bits per heavy atom. The number of nitrogens with one attached hydrogen (secondary N) is 1. The Bertz CT molecular complexity index is 413. The van der Waals surface area contributed by atoms with E-state index in [-0.39, 0.29) is 11.9 Å². The van der Waals surface area contributed by atoms with Gasteiger partial charge in [0, 0.05) is 41.3 Å². The van der Waals surface area contributed by atoms with Crippen molar-refractivity contribution in [1.82, 2.24) is 10.2 Å². The normalized spacial score (nSPS) is 13.5. The first kappa shape index (κ1) is 17.6. The molecule has 0 bridgehead atoms. The summed E-state index contributed by atoms with van der Waals surface area (Å²) in [6.45, 7) is 12.6. The molecule has 0 saturated heterocycles. The van der Waals surface area contributed by atoms with Crippen molar-refractivity contribution < 1.29 is 4.39 Å². The van der Waals surface area contributed by atoms with Crippen LogP contribution >= 0.6 is 15.9 Å². The van der Waals surface area contributed by atoms with Gasteiger partial charge in [-0.25, -0.2) is 4.39 Å². The Balaban J connectivity index is 2.55. The van der Waals surface area contributed by atoms with E-state index in [1.165, 1.54) is 6.07 Å². The van der Waals surface area contributed by atoms with Crippen molar-refractivity contribution in [2.24, 2.45) is 0 Å². The molecule has 0 radical (unpaired) electrons. The zero-order valence-electron chi connectivity index (χ0n) is 13.1. The molecule has 1 N–H and O–H groups in total. The molecule has 0 heterocycles. The van der Waals surface area contributed by atoms with E-state index in [2.05, 4.69) is 53.8 Å². The molecule has 0 saturated carbocycles. The number of nitrogens with zero attached hydrogens (tertiary/aromatic N) is 1. The number of benzene rings is 1. The van der Waals surface area contributed by atoms with Crippen LogP contribution in [0.5, 0.6) is 0 Å². The molecular weight excluding hydrogens is 319 g/mol. The molecule has 0 spiro atoms. The van der Waals surface area contributed by atoms with Crippen LogP contribution in [0.4, 0.5) is 4.39 Å². The largest absolute Gasteiger partial charge is 0.309 e. The van der Waals surface area contributed by atoms with Crippen LogP contribution in [-0.4, -0.2) is 30.1 Å². The maximum atomic E-state index is 13.8. The molecule has 0 amide bonds. The third kappa shape index (κ3) is 5.15. The van der Waals surface area contributed by atoms with Gasteiger partial charge in [-0.15, -0.1) is 0 Å². The van der Waals surface area contributed by atoms with E-state index in [0.717, 1.165) is 17.6 Å². The van der Waals surface area contributed by atoms with Gasteiger partial charge in [-0.3, -0.25) is 4.90 Å². The standard InChI is InChI=1S/C16H26BrFN2/c1-11(2)20(12(3)4)9-8-19-13(5)15-10-14(17)6-7-16(15)18/h6-7,10-13,19H,8-9H2,1-5H3. The number of hydrogen-bond donors (Lipinski definition) is 1. The zero-order chi connectivity index (χ0) is 15.3. The fourth-order valence-corrected chi connectivity index (χ4v) is 2.86. The van der Waals surface area contributed by atoms with Gasteiger partial charge in [0.15, 0.2) is 0 Å². The van der Waals surface area contributed by atoms with Crippen molar-refractivity contribution >= 4 is 15.9 Å². The topological polar surface area (TPSA) is 15.3 Å². The van der Waals surface area contributed by atoms with Crippen LogP contribution in [0.2, 0.25) is 0 Å². The summed E-state index contributed by atoms with van der Waals surface area (Å²) in [5, 5.41) is 3.40. The highest BCUT2D eigenvalue weighted by Gasteiger charge is 2.14. The maximum Gasteiger partial charge on any atom is 0.128 e. The van der Waals surface area contributed by atoms with E-state index >= 15 is 0 Å². The smallest absolute Gasteiger partial charge is 0.128 e. The molecule has 114 valence electrons. The quantitative estimate of drug-likeness (QED) is 0.790. The molecule has 1 unspecified atom stereocenters. The Labute approximate surface area is 130 Å². The van der Waals surface area contributed by atoms with Crippen molar-refractivity contribution in [2.75, 3.05) is 13.1 Å². The van der Waals surface area contributed by atoms with E-state index in [1.807, 2.05) is 13.0 Å². The van der Waals surface area contributed by atoms with Gasteiger partial charge < -0.3 is 5.32 Å². The summed E-state index contributed by atoms with van der Waals surface area (Å²) < 4.78 is 14.7. The van der Waals surface area contributed by atoms with Crippen LogP contribution in [0.1, 0.15) is 46.2 Å². The summed E-state index contributed by atoms with van der Waals surface area (Å²) in [5.41, 5.74) is 0.708. The molecule has 4 heteroatoms. The summed E-state index contributed by atoms with van der Waals surface area (Å²) in [6.07, 6.45) is 0. The maximum absolute atomic E-state index is 13.8. The van der Waals surface area contributed by atoms with Crippen molar-refractivity contribution in [2.45, 2.75) is 52.7 Å². The second kappa shape index (κ2) is 8.11. The Morgan fingerprint density at radius 1 is 1.15 bits per heavy atom. The monoisotopic (exact) mass is 344 g/mol. The van der Waals surface area contributed by atoms with Gasteiger partial charge in [-0.1, -0.05) is 15.9 Å². The molecule has 0 aliphatic heterocycles. The number of halogens is 2. The molecule has 0 aliphatic rings. The van der Waals surface area contributed by atoms with Gasteiger partial charge in [-0.05, 0) is 52.8 Å². The Morgan fingerprint density at radius 3 is 2.30 bits per heavy atom. The highest BCUT2D eigenvalue weighted by molar-refractivity contribution is 9.10. The lowest BCUT2D eigenvalue weighted by molar-refractivity contribution is 0.174. The molecule has 0 aromatic heterocycles. The second-order valence-corrected chi connectivity index (χ2v) is 6.68. The van der Waals surface area contributed by atoms with E-state index in [9.17, 15) is 4.39 Å². The minimum Gasteiger partial charge on any atom is -0.309 e. The van der Waals surface area contributed by atoms with Gasteiger partial charge in [0.2, 0.25) is 0 Å². The molecule has 0 fully saturated rings. The predicted octanol–water partition coefficient (Wildman–Crippen LogP) is 4.36. The van der Waals surface area contributed by atoms with Crippen molar-refractivity contribution in [3.8, 4) is 0 Å². The van der Waals surface area contributed by atoms with Gasteiger partial charge >= 0.3 is 0 Å². The predicted molar refractivity (Wildman–Crippen MR) is 87.5 cm³/mol. The Hall–Kier alpha value is -0.450. The number of rotatable bonds is 7. The minimum absolute atomic E-state index is 0.00803. The van der Waals surface area contributed by atoms with Crippen LogP contribution in [0.3, 0.4) is 0 Å². The highest BCUT2D eigenvalue weighted by atomic mass is 79.9. The van der Waals surface area contributed by atoms with E-state index < -0.39 is 0 Å². The molecule has 20 heavy (non-hydrogen) atoms. The lowest BCUT2D eigenvalue weighted by Gasteiger charge is -2.31. The van der Waals surface area contributed by atoms with Gasteiger partial charge in [0.05, 0.1) is 0 Å². The lowest BCUT2D eigenvalue weighted by atomic mass is 10.1. The molecule has 1 rings (SSSR count). The molecule has 0 aliphatic carbocycles. The van der Waals surface area contributed by atoms with E-state index in [0.29, 0.717) is 17.6 Å². The SMILES string of the molecule is CC(NCCN(C(C)C)C(C)C)c1cc(Br)ccc1F. The third-order valence-electron chi connectivity index (χ3n) is 3.57. The minimum atomic E-state index is -0.155. The van der Waals surface area contributed by atoms with Gasteiger partial charge in [-0.2, -0.15) is 0 Å². The molecule has 1 atom stereocenters. The van der Waals surface area contributed by atoms with Crippen LogP contribution < -0.4 is 5.32 Å². The molecular formula is C16H26BrFN2. The van der Waals surface area contributed by atoms with Gasteiger partial charge in [0.25, 0.3) is 0 Å². The first-order valence-electron chi connectivity index (χ1n) is 7.27. The number of hydrogen-bond acceptors (Lipinski definition) is 2.